The SMILES string of the molecule is CN(C)C(=O)N1CCN(c2cc(C3CC(N)C3)ncn2)CC1.Cl.Cl. The van der Waals surface area contributed by atoms with E-state index in [9.17, 15) is 4.79 Å². The number of rotatable bonds is 2. The minimum atomic E-state index is 0. The molecule has 1 aromatic heterocycles. The quantitative estimate of drug-likeness (QED) is 0.841. The van der Waals surface area contributed by atoms with Gasteiger partial charge >= 0.3 is 6.03 Å². The van der Waals surface area contributed by atoms with Gasteiger partial charge in [0.2, 0.25) is 0 Å². The number of nitrogens with two attached hydrogens (primary N) is 1. The maximum absolute atomic E-state index is 12.0. The number of nitrogens with zero attached hydrogens (tertiary/aromatic N) is 5. The van der Waals surface area contributed by atoms with E-state index in [1.165, 1.54) is 0 Å². The number of aromatic nitrogens is 2. The number of hydrogen-bond donors (Lipinski definition) is 1. The molecule has 24 heavy (non-hydrogen) atoms. The number of amides is 2. The summed E-state index contributed by atoms with van der Waals surface area (Å²) in [4.78, 5) is 26.5. The van der Waals surface area contributed by atoms with Gasteiger partial charge in [0, 0.05) is 64.0 Å². The summed E-state index contributed by atoms with van der Waals surface area (Å²) in [7, 11) is 3.57. The van der Waals surface area contributed by atoms with E-state index >= 15 is 0 Å². The number of halogens is 2. The molecule has 7 nitrogen and oxygen atoms in total. The molecule has 1 aliphatic carbocycles. The van der Waals surface area contributed by atoms with Crippen LogP contribution < -0.4 is 10.6 Å². The van der Waals surface area contributed by atoms with Crippen molar-refractivity contribution in [2.24, 2.45) is 5.73 Å². The van der Waals surface area contributed by atoms with Crippen LogP contribution >= 0.6 is 24.8 Å². The van der Waals surface area contributed by atoms with Gasteiger partial charge in [0.1, 0.15) is 12.1 Å². The molecule has 1 saturated carbocycles. The van der Waals surface area contributed by atoms with Gasteiger partial charge in [-0.3, -0.25) is 0 Å². The first-order chi connectivity index (χ1) is 10.5. The van der Waals surface area contributed by atoms with E-state index in [2.05, 4.69) is 20.9 Å². The summed E-state index contributed by atoms with van der Waals surface area (Å²) in [5, 5.41) is 0. The van der Waals surface area contributed by atoms with Gasteiger partial charge in [-0.15, -0.1) is 24.8 Å². The number of anilines is 1. The zero-order chi connectivity index (χ0) is 15.7. The third-order valence-electron chi connectivity index (χ3n) is 4.52. The fourth-order valence-corrected chi connectivity index (χ4v) is 3.07. The average Bonchev–Trinajstić information content (AvgIpc) is 2.51. The Labute approximate surface area is 155 Å². The molecule has 2 aliphatic rings. The summed E-state index contributed by atoms with van der Waals surface area (Å²) in [6.45, 7) is 3.07. The molecule has 0 bridgehead atoms. The molecule has 9 heteroatoms. The van der Waals surface area contributed by atoms with E-state index in [0.717, 1.165) is 50.5 Å². The van der Waals surface area contributed by atoms with Gasteiger partial charge in [-0.05, 0) is 12.8 Å². The Balaban J connectivity index is 0.00000144. The lowest BCUT2D eigenvalue weighted by Gasteiger charge is -2.37. The van der Waals surface area contributed by atoms with Gasteiger partial charge < -0.3 is 20.4 Å². The highest BCUT2D eigenvalue weighted by Gasteiger charge is 2.29. The summed E-state index contributed by atoms with van der Waals surface area (Å²) < 4.78 is 0. The molecule has 0 radical (unpaired) electrons. The molecule has 1 aliphatic heterocycles. The molecule has 2 heterocycles. The second-order valence-corrected chi connectivity index (χ2v) is 6.38. The van der Waals surface area contributed by atoms with Crippen LogP contribution in [0.3, 0.4) is 0 Å². The maximum atomic E-state index is 12.0. The minimum Gasteiger partial charge on any atom is -0.353 e. The van der Waals surface area contributed by atoms with Crippen LogP contribution in [0.2, 0.25) is 0 Å². The first-order valence-corrected chi connectivity index (χ1v) is 7.83. The molecule has 0 spiro atoms. The van der Waals surface area contributed by atoms with Crippen LogP contribution in [0, 0.1) is 0 Å². The van der Waals surface area contributed by atoms with Gasteiger partial charge in [-0.25, -0.2) is 14.8 Å². The fourth-order valence-electron chi connectivity index (χ4n) is 3.07. The molecule has 0 aromatic carbocycles. The molecule has 2 N–H and O–H groups in total. The molecule has 136 valence electrons. The van der Waals surface area contributed by atoms with Crippen LogP contribution in [-0.4, -0.2) is 72.1 Å². The molecule has 1 saturated heterocycles. The largest absolute Gasteiger partial charge is 0.353 e. The first kappa shape index (κ1) is 20.7. The summed E-state index contributed by atoms with van der Waals surface area (Å²) >= 11 is 0. The predicted molar refractivity (Wildman–Crippen MR) is 99.3 cm³/mol. The van der Waals surface area contributed by atoms with Gasteiger partial charge in [0.15, 0.2) is 0 Å². The average molecular weight is 377 g/mol. The number of carbonyl (C=O) groups is 1. The highest BCUT2D eigenvalue weighted by Crippen LogP contribution is 2.35. The Morgan fingerprint density at radius 3 is 2.33 bits per heavy atom. The van der Waals surface area contributed by atoms with E-state index < -0.39 is 0 Å². The summed E-state index contributed by atoms with van der Waals surface area (Å²) in [6, 6.07) is 2.48. The highest BCUT2D eigenvalue weighted by atomic mass is 35.5. The Kier molecular flexibility index (Phi) is 7.51. The number of piperazine rings is 1. The van der Waals surface area contributed by atoms with Crippen molar-refractivity contribution in [3.8, 4) is 0 Å². The zero-order valence-corrected chi connectivity index (χ0v) is 15.7. The van der Waals surface area contributed by atoms with Crippen molar-refractivity contribution in [2.45, 2.75) is 24.8 Å². The van der Waals surface area contributed by atoms with Crippen LogP contribution in [0.4, 0.5) is 10.6 Å². The maximum Gasteiger partial charge on any atom is 0.319 e. The third kappa shape index (κ3) is 4.40. The lowest BCUT2D eigenvalue weighted by Crippen LogP contribution is -2.51. The van der Waals surface area contributed by atoms with Crippen molar-refractivity contribution in [1.29, 1.82) is 0 Å². The lowest BCUT2D eigenvalue weighted by atomic mass is 9.78. The molecule has 0 unspecified atom stereocenters. The monoisotopic (exact) mass is 376 g/mol. The Morgan fingerprint density at radius 1 is 1.17 bits per heavy atom. The Bertz CT molecular complexity index is 545. The Morgan fingerprint density at radius 2 is 1.79 bits per heavy atom. The van der Waals surface area contributed by atoms with E-state index in [1.807, 2.05) is 4.90 Å². The van der Waals surface area contributed by atoms with Crippen LogP contribution in [-0.2, 0) is 0 Å². The zero-order valence-electron chi connectivity index (χ0n) is 14.1. The van der Waals surface area contributed by atoms with Crippen LogP contribution in [0.1, 0.15) is 24.5 Å². The summed E-state index contributed by atoms with van der Waals surface area (Å²) in [5.74, 6) is 1.44. The summed E-state index contributed by atoms with van der Waals surface area (Å²) in [6.07, 6.45) is 3.68. The molecular formula is C15H26Cl2N6O. The number of urea groups is 1. The molecule has 2 fully saturated rings. The van der Waals surface area contributed by atoms with Gasteiger partial charge in [-0.1, -0.05) is 0 Å². The second kappa shape index (κ2) is 8.69. The van der Waals surface area contributed by atoms with Crippen LogP contribution in [0.15, 0.2) is 12.4 Å². The summed E-state index contributed by atoms with van der Waals surface area (Å²) in [5.41, 5.74) is 6.96. The number of carbonyl (C=O) groups excluding carboxylic acids is 1. The molecule has 0 atom stereocenters. The highest BCUT2D eigenvalue weighted by molar-refractivity contribution is 5.85. The van der Waals surface area contributed by atoms with E-state index in [1.54, 1.807) is 25.3 Å². The number of hydrogen-bond acceptors (Lipinski definition) is 5. The normalized spacial score (nSPS) is 22.8. The van der Waals surface area contributed by atoms with Crippen molar-refractivity contribution >= 4 is 36.7 Å². The van der Waals surface area contributed by atoms with Crippen molar-refractivity contribution < 1.29 is 4.79 Å². The molecule has 3 rings (SSSR count). The predicted octanol–water partition coefficient (Wildman–Crippen LogP) is 1.33. The molecular weight excluding hydrogens is 351 g/mol. The topological polar surface area (TPSA) is 78.6 Å². The Hall–Kier alpha value is -1.31. The van der Waals surface area contributed by atoms with Crippen molar-refractivity contribution in [3.63, 3.8) is 0 Å². The van der Waals surface area contributed by atoms with E-state index in [-0.39, 0.29) is 30.8 Å². The van der Waals surface area contributed by atoms with E-state index in [0.29, 0.717) is 12.0 Å². The molecule has 1 aromatic rings. The minimum absolute atomic E-state index is 0. The van der Waals surface area contributed by atoms with Crippen molar-refractivity contribution in [1.82, 2.24) is 19.8 Å². The molecule has 2 amide bonds. The fraction of sp³-hybridized carbons (Fsp3) is 0.667. The standard InChI is InChI=1S/C15H24N6O.2ClH/c1-19(2)15(22)21-5-3-20(4-6-21)14-9-13(17-10-18-14)11-7-12(16)8-11;;/h9-12H,3-8,16H2,1-2H3;2*1H. The van der Waals surface area contributed by atoms with Crippen molar-refractivity contribution in [2.75, 3.05) is 45.2 Å². The van der Waals surface area contributed by atoms with Crippen LogP contribution in [0.5, 0.6) is 0 Å². The van der Waals surface area contributed by atoms with Gasteiger partial charge in [0.25, 0.3) is 0 Å². The third-order valence-corrected chi connectivity index (χ3v) is 4.52. The van der Waals surface area contributed by atoms with Crippen molar-refractivity contribution in [3.05, 3.63) is 18.1 Å². The van der Waals surface area contributed by atoms with Gasteiger partial charge in [-0.2, -0.15) is 0 Å². The first-order valence-electron chi connectivity index (χ1n) is 7.83. The lowest BCUT2D eigenvalue weighted by molar-refractivity contribution is 0.168. The second-order valence-electron chi connectivity index (χ2n) is 6.38. The van der Waals surface area contributed by atoms with Crippen LogP contribution in [0.25, 0.3) is 0 Å². The van der Waals surface area contributed by atoms with E-state index in [4.69, 9.17) is 5.73 Å². The van der Waals surface area contributed by atoms with Gasteiger partial charge in [0.05, 0.1) is 0 Å². The smallest absolute Gasteiger partial charge is 0.319 e.